The molecule has 0 fully saturated rings. The maximum absolute atomic E-state index is 8.00. The lowest BCUT2D eigenvalue weighted by atomic mass is 10.7. The van der Waals surface area contributed by atoms with Crippen molar-refractivity contribution in [2.45, 2.75) is 0 Å². The molecule has 3 heteroatoms. The molecule has 0 saturated heterocycles. The van der Waals surface area contributed by atoms with E-state index in [2.05, 4.69) is 15.9 Å². The van der Waals surface area contributed by atoms with Crippen LogP contribution in [0, 0.1) is 0 Å². The number of carbonyl (C=O) groups excluding carboxylic acids is 1. The lowest BCUT2D eigenvalue weighted by Gasteiger charge is -1.62. The number of rotatable bonds is 0. The summed E-state index contributed by atoms with van der Waals surface area (Å²) in [5.41, 5.74) is 0. The van der Waals surface area contributed by atoms with Gasteiger partial charge in [0.15, 0.2) is 0 Å². The van der Waals surface area contributed by atoms with Crippen LogP contribution in [0.5, 0.6) is 0 Å². The van der Waals surface area contributed by atoms with Crippen LogP contribution in [-0.4, -0.2) is 6.79 Å². The summed E-state index contributed by atoms with van der Waals surface area (Å²) in [4.78, 5) is 8.00. The summed E-state index contributed by atoms with van der Waals surface area (Å²) in [6.45, 7) is 2.00. The second-order valence-electron chi connectivity index (χ2n) is 0.917. The zero-order chi connectivity index (χ0) is 6.41. The van der Waals surface area contributed by atoms with Crippen LogP contribution >= 0.6 is 27.3 Å². The fraction of sp³-hybridized carbons (Fsp3) is 0. The van der Waals surface area contributed by atoms with Crippen molar-refractivity contribution in [2.24, 2.45) is 0 Å². The number of hydrogen-bond donors (Lipinski definition) is 0. The molecular formula is C5H5BrOS. The Kier molecular flexibility index (Phi) is 4.90. The van der Waals surface area contributed by atoms with Crippen molar-refractivity contribution in [3.05, 3.63) is 21.3 Å². The van der Waals surface area contributed by atoms with E-state index in [4.69, 9.17) is 4.79 Å². The van der Waals surface area contributed by atoms with E-state index in [9.17, 15) is 0 Å². The van der Waals surface area contributed by atoms with Crippen molar-refractivity contribution < 1.29 is 4.79 Å². The van der Waals surface area contributed by atoms with Crippen LogP contribution in [0.25, 0.3) is 0 Å². The summed E-state index contributed by atoms with van der Waals surface area (Å²) in [6, 6.07) is 4.03. The molecular weight excluding hydrogens is 188 g/mol. The molecule has 44 valence electrons. The highest BCUT2D eigenvalue weighted by atomic mass is 79.9. The third-order valence-electron chi connectivity index (χ3n) is 0.486. The van der Waals surface area contributed by atoms with Gasteiger partial charge in [-0.2, -0.15) is 0 Å². The first-order chi connectivity index (χ1) is 3.89. The molecule has 0 aromatic carbocycles. The Labute approximate surface area is 60.5 Å². The van der Waals surface area contributed by atoms with Gasteiger partial charge in [-0.05, 0) is 27.4 Å². The first kappa shape index (κ1) is 7.85. The summed E-state index contributed by atoms with van der Waals surface area (Å²) in [7, 11) is 0. The van der Waals surface area contributed by atoms with Gasteiger partial charge < -0.3 is 4.79 Å². The Morgan fingerprint density at radius 2 is 2.25 bits per heavy atom. The Bertz CT molecular complexity index is 127. The normalized spacial score (nSPS) is 7.12. The van der Waals surface area contributed by atoms with Crippen LogP contribution in [0.4, 0.5) is 0 Å². The molecule has 1 rings (SSSR count). The maximum atomic E-state index is 8.00. The van der Waals surface area contributed by atoms with Crippen molar-refractivity contribution >= 4 is 34.1 Å². The van der Waals surface area contributed by atoms with Crippen LogP contribution in [0.15, 0.2) is 21.3 Å². The van der Waals surface area contributed by atoms with Gasteiger partial charge in [-0.15, -0.1) is 11.3 Å². The van der Waals surface area contributed by atoms with E-state index in [1.54, 1.807) is 11.3 Å². The lowest BCUT2D eigenvalue weighted by molar-refractivity contribution is -0.0979. The number of halogens is 1. The molecule has 0 aliphatic carbocycles. The van der Waals surface area contributed by atoms with Gasteiger partial charge in [-0.1, -0.05) is 6.07 Å². The molecule has 1 nitrogen and oxygen atoms in total. The average molecular weight is 193 g/mol. The van der Waals surface area contributed by atoms with Crippen molar-refractivity contribution in [1.29, 1.82) is 0 Å². The Morgan fingerprint density at radius 1 is 1.62 bits per heavy atom. The first-order valence-electron chi connectivity index (χ1n) is 1.87. The fourth-order valence-corrected chi connectivity index (χ4v) is 1.18. The molecule has 0 atom stereocenters. The summed E-state index contributed by atoms with van der Waals surface area (Å²) in [5, 5.41) is 2.03. The van der Waals surface area contributed by atoms with Gasteiger partial charge in [0.05, 0.1) is 3.79 Å². The topological polar surface area (TPSA) is 17.1 Å². The van der Waals surface area contributed by atoms with Crippen LogP contribution < -0.4 is 0 Å². The Hall–Kier alpha value is -0.150. The maximum Gasteiger partial charge on any atom is 0.106 e. The van der Waals surface area contributed by atoms with E-state index in [1.165, 1.54) is 3.79 Å². The highest BCUT2D eigenvalue weighted by molar-refractivity contribution is 9.11. The minimum Gasteiger partial charge on any atom is -0.307 e. The molecule has 0 amide bonds. The molecule has 0 bridgehead atoms. The van der Waals surface area contributed by atoms with E-state index in [0.29, 0.717) is 0 Å². The molecule has 0 aliphatic rings. The van der Waals surface area contributed by atoms with Crippen LogP contribution in [-0.2, 0) is 4.79 Å². The molecule has 8 heavy (non-hydrogen) atoms. The van der Waals surface area contributed by atoms with Gasteiger partial charge in [-0.25, -0.2) is 0 Å². The smallest absolute Gasteiger partial charge is 0.106 e. The summed E-state index contributed by atoms with van der Waals surface area (Å²) in [5.74, 6) is 0. The molecule has 0 saturated carbocycles. The van der Waals surface area contributed by atoms with Crippen LogP contribution in [0.3, 0.4) is 0 Å². The zero-order valence-corrected chi connectivity index (χ0v) is 6.54. The molecule has 0 radical (unpaired) electrons. The van der Waals surface area contributed by atoms with Gasteiger partial charge in [0.1, 0.15) is 6.79 Å². The second-order valence-corrected chi connectivity index (χ2v) is 3.24. The van der Waals surface area contributed by atoms with Crippen molar-refractivity contribution in [2.75, 3.05) is 0 Å². The summed E-state index contributed by atoms with van der Waals surface area (Å²) < 4.78 is 1.20. The minimum absolute atomic E-state index is 1.20. The third-order valence-corrected chi connectivity index (χ3v) is 1.97. The van der Waals surface area contributed by atoms with E-state index >= 15 is 0 Å². The quantitative estimate of drug-likeness (QED) is 0.617. The molecule has 1 aromatic rings. The van der Waals surface area contributed by atoms with Crippen molar-refractivity contribution in [1.82, 2.24) is 0 Å². The molecule has 1 aromatic heterocycles. The summed E-state index contributed by atoms with van der Waals surface area (Å²) >= 11 is 4.99. The largest absolute Gasteiger partial charge is 0.307 e. The van der Waals surface area contributed by atoms with E-state index in [1.807, 2.05) is 24.3 Å². The van der Waals surface area contributed by atoms with Gasteiger partial charge in [0, 0.05) is 0 Å². The molecule has 0 unspecified atom stereocenters. The van der Waals surface area contributed by atoms with Gasteiger partial charge in [0.2, 0.25) is 0 Å². The monoisotopic (exact) mass is 192 g/mol. The van der Waals surface area contributed by atoms with Gasteiger partial charge in [0.25, 0.3) is 0 Å². The Balaban J connectivity index is 0.000000222. The second kappa shape index (κ2) is 5.00. The predicted octanol–water partition coefficient (Wildman–Crippen LogP) is 2.33. The first-order valence-corrected chi connectivity index (χ1v) is 3.55. The van der Waals surface area contributed by atoms with Crippen molar-refractivity contribution in [3.8, 4) is 0 Å². The highest BCUT2D eigenvalue weighted by Gasteiger charge is 1.77. The molecule has 0 N–H and O–H groups in total. The van der Waals surface area contributed by atoms with Crippen LogP contribution in [0.2, 0.25) is 0 Å². The van der Waals surface area contributed by atoms with Crippen LogP contribution in [0.1, 0.15) is 0 Å². The van der Waals surface area contributed by atoms with Gasteiger partial charge >= 0.3 is 0 Å². The van der Waals surface area contributed by atoms with Gasteiger partial charge in [-0.3, -0.25) is 0 Å². The lowest BCUT2D eigenvalue weighted by Crippen LogP contribution is -1.29. The van der Waals surface area contributed by atoms with E-state index < -0.39 is 0 Å². The number of hydrogen-bond acceptors (Lipinski definition) is 2. The fourth-order valence-electron chi connectivity index (χ4n) is 0.259. The standard InChI is InChI=1S/C4H3BrS.CH2O/c5-4-2-1-3-6-4;1-2/h1-3H;1H2. The third kappa shape index (κ3) is 2.93. The Morgan fingerprint density at radius 3 is 2.38 bits per heavy atom. The SMILES string of the molecule is Brc1cccs1.C=O. The number of carbonyl (C=O) groups is 1. The summed E-state index contributed by atoms with van der Waals surface area (Å²) in [6.07, 6.45) is 0. The molecule has 0 spiro atoms. The number of thiophene rings is 1. The predicted molar refractivity (Wildman–Crippen MR) is 39.1 cm³/mol. The van der Waals surface area contributed by atoms with E-state index in [0.717, 1.165) is 0 Å². The molecule has 0 aliphatic heterocycles. The molecule has 1 heterocycles. The van der Waals surface area contributed by atoms with E-state index in [-0.39, 0.29) is 0 Å². The average Bonchev–Trinajstić information content (AvgIpc) is 2.24. The van der Waals surface area contributed by atoms with Crippen molar-refractivity contribution in [3.63, 3.8) is 0 Å². The minimum atomic E-state index is 1.20. The zero-order valence-electron chi connectivity index (χ0n) is 4.13. The highest BCUT2D eigenvalue weighted by Crippen LogP contribution is 2.14.